The van der Waals surface area contributed by atoms with E-state index in [4.69, 9.17) is 33.0 Å². The number of hydrogen-bond acceptors (Lipinski definition) is 4. The predicted molar refractivity (Wildman–Crippen MR) is 79.1 cm³/mol. The van der Waals surface area contributed by atoms with E-state index in [0.29, 0.717) is 26.7 Å². The summed E-state index contributed by atoms with van der Waals surface area (Å²) >= 11 is 15.4. The van der Waals surface area contributed by atoms with Gasteiger partial charge in [0.05, 0.1) is 33.8 Å². The van der Waals surface area contributed by atoms with Crippen LogP contribution in [0.25, 0.3) is 11.0 Å². The molecular weight excluding hydrogens is 371 g/mol. The summed E-state index contributed by atoms with van der Waals surface area (Å²) in [5.41, 5.74) is 1.43. The minimum absolute atomic E-state index is 0.228. The first kappa shape index (κ1) is 14.6. The third-order valence-electron chi connectivity index (χ3n) is 3.36. The average molecular weight is 382 g/mol. The summed E-state index contributed by atoms with van der Waals surface area (Å²) in [6, 6.07) is 3.38. The van der Waals surface area contributed by atoms with E-state index in [0.717, 1.165) is 5.52 Å². The standard InChI is InChI=1S/C12H11BrCl2N2O3/c13-12-16-7-1-5(14)6(15)2-8(7)17(12)11-3-9(19)10(4-18)20-11/h1-2,9-11,18-19H,3-4H2. The van der Waals surface area contributed by atoms with Gasteiger partial charge in [0.15, 0.2) is 4.73 Å². The lowest BCUT2D eigenvalue weighted by molar-refractivity contribution is -0.0437. The van der Waals surface area contributed by atoms with Gasteiger partial charge in [-0.1, -0.05) is 23.2 Å². The van der Waals surface area contributed by atoms with Crippen molar-refractivity contribution in [3.8, 4) is 0 Å². The molecule has 0 saturated carbocycles. The van der Waals surface area contributed by atoms with E-state index >= 15 is 0 Å². The Bertz CT molecular complexity index is 664. The summed E-state index contributed by atoms with van der Waals surface area (Å²) in [7, 11) is 0. The molecule has 3 unspecified atom stereocenters. The maximum atomic E-state index is 9.84. The van der Waals surface area contributed by atoms with E-state index in [1.54, 1.807) is 16.7 Å². The van der Waals surface area contributed by atoms with Gasteiger partial charge in [0.1, 0.15) is 12.3 Å². The van der Waals surface area contributed by atoms with Crippen LogP contribution in [-0.2, 0) is 4.74 Å². The normalized spacial score (nSPS) is 26.6. The molecule has 2 N–H and O–H groups in total. The summed E-state index contributed by atoms with van der Waals surface area (Å²) < 4.78 is 7.99. The third-order valence-corrected chi connectivity index (χ3v) is 4.64. The molecule has 2 heterocycles. The van der Waals surface area contributed by atoms with Gasteiger partial charge in [-0.05, 0) is 28.1 Å². The molecule has 1 aromatic carbocycles. The van der Waals surface area contributed by atoms with Crippen LogP contribution in [0.1, 0.15) is 12.6 Å². The fourth-order valence-electron chi connectivity index (χ4n) is 2.37. The van der Waals surface area contributed by atoms with Crippen LogP contribution in [0.15, 0.2) is 16.9 Å². The van der Waals surface area contributed by atoms with Gasteiger partial charge in [-0.25, -0.2) is 4.98 Å². The van der Waals surface area contributed by atoms with Crippen molar-refractivity contribution in [2.75, 3.05) is 6.61 Å². The molecule has 0 spiro atoms. The van der Waals surface area contributed by atoms with E-state index in [1.807, 2.05) is 0 Å². The Morgan fingerprint density at radius 3 is 2.75 bits per heavy atom. The minimum atomic E-state index is -0.711. The number of ether oxygens (including phenoxy) is 1. The lowest BCUT2D eigenvalue weighted by atomic mass is 10.2. The molecule has 1 saturated heterocycles. The Balaban J connectivity index is 2.08. The van der Waals surface area contributed by atoms with Crippen molar-refractivity contribution in [2.24, 2.45) is 0 Å². The number of benzene rings is 1. The largest absolute Gasteiger partial charge is 0.394 e. The number of rotatable bonds is 2. The molecule has 0 amide bonds. The second kappa shape index (κ2) is 5.44. The van der Waals surface area contributed by atoms with Crippen LogP contribution >= 0.6 is 39.1 Å². The van der Waals surface area contributed by atoms with Crippen molar-refractivity contribution < 1.29 is 14.9 Å². The van der Waals surface area contributed by atoms with Crippen molar-refractivity contribution >= 4 is 50.2 Å². The molecule has 8 heteroatoms. The zero-order valence-electron chi connectivity index (χ0n) is 10.1. The number of aromatic nitrogens is 2. The molecule has 5 nitrogen and oxygen atoms in total. The van der Waals surface area contributed by atoms with Gasteiger partial charge in [0.25, 0.3) is 0 Å². The maximum absolute atomic E-state index is 9.84. The Morgan fingerprint density at radius 2 is 2.10 bits per heavy atom. The predicted octanol–water partition coefficient (Wildman–Crippen LogP) is 2.75. The van der Waals surface area contributed by atoms with Gasteiger partial charge in [-0.15, -0.1) is 0 Å². The molecule has 0 radical (unpaired) electrons. The fourth-order valence-corrected chi connectivity index (χ4v) is 3.30. The van der Waals surface area contributed by atoms with E-state index in [2.05, 4.69) is 20.9 Å². The third kappa shape index (κ3) is 2.34. The van der Waals surface area contributed by atoms with Crippen molar-refractivity contribution in [2.45, 2.75) is 24.9 Å². The van der Waals surface area contributed by atoms with Gasteiger partial charge in [-0.2, -0.15) is 0 Å². The van der Waals surface area contributed by atoms with E-state index < -0.39 is 18.4 Å². The van der Waals surface area contributed by atoms with Crippen LogP contribution in [0.3, 0.4) is 0 Å². The molecule has 20 heavy (non-hydrogen) atoms. The van der Waals surface area contributed by atoms with Crippen LogP contribution in [0.4, 0.5) is 0 Å². The summed E-state index contributed by atoms with van der Waals surface area (Å²) in [4.78, 5) is 4.35. The number of halogens is 3. The second-order valence-electron chi connectivity index (χ2n) is 4.62. The van der Waals surface area contributed by atoms with Crippen molar-refractivity contribution in [3.05, 3.63) is 26.9 Å². The summed E-state index contributed by atoms with van der Waals surface area (Å²) in [6.45, 7) is -0.228. The van der Waals surface area contributed by atoms with Crippen molar-refractivity contribution in [1.29, 1.82) is 0 Å². The Hall–Kier alpha value is -0.370. The average Bonchev–Trinajstić information content (AvgIpc) is 2.90. The molecule has 3 rings (SSSR count). The van der Waals surface area contributed by atoms with Crippen molar-refractivity contribution in [3.63, 3.8) is 0 Å². The van der Waals surface area contributed by atoms with Crippen LogP contribution in [0.5, 0.6) is 0 Å². The smallest absolute Gasteiger partial charge is 0.180 e. The first-order valence-electron chi connectivity index (χ1n) is 5.98. The Morgan fingerprint density at radius 1 is 1.40 bits per heavy atom. The summed E-state index contributed by atoms with van der Waals surface area (Å²) in [6.07, 6.45) is -1.35. The second-order valence-corrected chi connectivity index (χ2v) is 6.14. The van der Waals surface area contributed by atoms with Crippen LogP contribution in [0.2, 0.25) is 10.0 Å². The first-order valence-corrected chi connectivity index (χ1v) is 7.53. The summed E-state index contributed by atoms with van der Waals surface area (Å²) in [5.74, 6) is 0. The highest BCUT2D eigenvalue weighted by Gasteiger charge is 2.36. The molecule has 2 aromatic rings. The maximum Gasteiger partial charge on any atom is 0.180 e. The van der Waals surface area contributed by atoms with E-state index in [1.165, 1.54) is 0 Å². The number of aliphatic hydroxyl groups is 2. The molecular formula is C12H11BrCl2N2O3. The summed E-state index contributed by atoms with van der Waals surface area (Å²) in [5, 5.41) is 19.8. The van der Waals surface area contributed by atoms with Crippen LogP contribution in [-0.4, -0.2) is 38.6 Å². The van der Waals surface area contributed by atoms with Gasteiger partial charge >= 0.3 is 0 Å². The Kier molecular flexibility index (Phi) is 3.96. The first-order chi connectivity index (χ1) is 9.51. The lowest BCUT2D eigenvalue weighted by Crippen LogP contribution is -2.24. The number of hydrogen-bond donors (Lipinski definition) is 2. The van der Waals surface area contributed by atoms with E-state index in [-0.39, 0.29) is 6.61 Å². The Labute approximate surface area is 133 Å². The van der Waals surface area contributed by atoms with Gasteiger partial charge in [0.2, 0.25) is 0 Å². The highest BCUT2D eigenvalue weighted by atomic mass is 79.9. The minimum Gasteiger partial charge on any atom is -0.394 e. The van der Waals surface area contributed by atoms with E-state index in [9.17, 15) is 5.11 Å². The number of nitrogens with zero attached hydrogens (tertiary/aromatic N) is 2. The molecule has 1 aliphatic rings. The van der Waals surface area contributed by atoms with Gasteiger partial charge in [0, 0.05) is 6.42 Å². The number of imidazole rings is 1. The highest BCUT2D eigenvalue weighted by molar-refractivity contribution is 9.10. The molecule has 1 aliphatic heterocycles. The molecule has 0 bridgehead atoms. The lowest BCUT2D eigenvalue weighted by Gasteiger charge is -2.15. The van der Waals surface area contributed by atoms with Crippen LogP contribution < -0.4 is 0 Å². The SMILES string of the molecule is OCC1OC(n2c(Br)nc3cc(Cl)c(Cl)cc32)CC1O. The molecule has 108 valence electrons. The fraction of sp³-hybridized carbons (Fsp3) is 0.417. The number of aliphatic hydroxyl groups excluding tert-OH is 2. The van der Waals surface area contributed by atoms with Gasteiger partial charge < -0.3 is 14.9 Å². The molecule has 3 atom stereocenters. The zero-order valence-corrected chi connectivity index (χ0v) is 13.2. The topological polar surface area (TPSA) is 67.5 Å². The molecule has 1 fully saturated rings. The zero-order chi connectivity index (χ0) is 14.4. The highest BCUT2D eigenvalue weighted by Crippen LogP contribution is 2.36. The molecule has 0 aliphatic carbocycles. The quantitative estimate of drug-likeness (QED) is 0.839. The van der Waals surface area contributed by atoms with Crippen LogP contribution in [0, 0.1) is 0 Å². The van der Waals surface area contributed by atoms with Crippen molar-refractivity contribution in [1.82, 2.24) is 9.55 Å². The number of fused-ring (bicyclic) bond motifs is 1. The van der Waals surface area contributed by atoms with Gasteiger partial charge in [-0.3, -0.25) is 4.57 Å². The monoisotopic (exact) mass is 380 g/mol. The molecule has 1 aromatic heterocycles.